The third-order valence-electron chi connectivity index (χ3n) is 5.14. The van der Waals surface area contributed by atoms with Crippen molar-refractivity contribution in [2.75, 3.05) is 16.9 Å². The van der Waals surface area contributed by atoms with E-state index in [9.17, 15) is 14.4 Å². The molecule has 2 aliphatic heterocycles. The molecule has 2 aliphatic rings. The van der Waals surface area contributed by atoms with Crippen LogP contribution < -0.4 is 25.1 Å². The largest absolute Gasteiger partial charge is 0.334 e. The second-order valence-corrected chi connectivity index (χ2v) is 8.94. The number of hydrogen-bond donors (Lipinski definition) is 1. The summed E-state index contributed by atoms with van der Waals surface area (Å²) in [5.41, 5.74) is 3.06. The van der Waals surface area contributed by atoms with Crippen LogP contribution in [0.1, 0.15) is 22.8 Å². The van der Waals surface area contributed by atoms with Crippen molar-refractivity contribution in [2.24, 2.45) is 4.99 Å². The first kappa shape index (κ1) is 19.0. The van der Waals surface area contributed by atoms with Crippen molar-refractivity contribution in [1.82, 2.24) is 4.57 Å². The number of Topliss-reactive ketones (excluding diaryl/α,β-unsaturated/α-hetero) is 1. The molecule has 150 valence electrons. The highest BCUT2D eigenvalue weighted by molar-refractivity contribution is 9.10. The first-order valence-corrected chi connectivity index (χ1v) is 10.8. The van der Waals surface area contributed by atoms with Gasteiger partial charge in [-0.3, -0.25) is 19.0 Å². The van der Waals surface area contributed by atoms with Crippen LogP contribution in [-0.4, -0.2) is 22.9 Å². The lowest BCUT2D eigenvalue weighted by Crippen LogP contribution is -2.43. The van der Waals surface area contributed by atoms with E-state index in [0.717, 1.165) is 10.2 Å². The summed E-state index contributed by atoms with van der Waals surface area (Å²) in [6.45, 7) is 2.24. The van der Waals surface area contributed by atoms with Crippen molar-refractivity contribution >= 4 is 55.9 Å². The van der Waals surface area contributed by atoms with Gasteiger partial charge < -0.3 is 10.2 Å². The fraction of sp³-hybridized carbons (Fsp3) is 0.143. The molecule has 2 aromatic carbocycles. The van der Waals surface area contributed by atoms with Gasteiger partial charge in [-0.25, -0.2) is 4.99 Å². The molecular weight excluding hydrogens is 468 g/mol. The van der Waals surface area contributed by atoms with Crippen LogP contribution in [0.3, 0.4) is 0 Å². The molecule has 3 heterocycles. The van der Waals surface area contributed by atoms with Gasteiger partial charge in [0, 0.05) is 27.0 Å². The van der Waals surface area contributed by atoms with Gasteiger partial charge in [-0.15, -0.1) is 0 Å². The Kier molecular flexibility index (Phi) is 4.44. The van der Waals surface area contributed by atoms with E-state index in [-0.39, 0.29) is 17.2 Å². The Morgan fingerprint density at radius 3 is 2.67 bits per heavy atom. The third-order valence-corrected chi connectivity index (χ3v) is 6.75. The first-order valence-electron chi connectivity index (χ1n) is 9.18. The smallest absolute Gasteiger partial charge is 0.272 e. The zero-order valence-electron chi connectivity index (χ0n) is 15.8. The lowest BCUT2D eigenvalue weighted by Gasteiger charge is -2.25. The van der Waals surface area contributed by atoms with Gasteiger partial charge in [0.1, 0.15) is 17.9 Å². The van der Waals surface area contributed by atoms with E-state index in [4.69, 9.17) is 0 Å². The van der Waals surface area contributed by atoms with Gasteiger partial charge in [-0.05, 0) is 49.4 Å². The average molecular weight is 483 g/mol. The van der Waals surface area contributed by atoms with Crippen molar-refractivity contribution in [1.29, 1.82) is 0 Å². The van der Waals surface area contributed by atoms with Crippen LogP contribution in [0.5, 0.6) is 0 Å². The van der Waals surface area contributed by atoms with E-state index in [1.165, 1.54) is 18.3 Å². The maximum absolute atomic E-state index is 13.2. The molecule has 0 unspecified atom stereocenters. The maximum Gasteiger partial charge on any atom is 0.272 e. The van der Waals surface area contributed by atoms with Gasteiger partial charge in [0.25, 0.3) is 11.5 Å². The lowest BCUT2D eigenvalue weighted by atomic mass is 10.1. The number of aromatic nitrogens is 1. The summed E-state index contributed by atoms with van der Waals surface area (Å²) in [5.74, 6) is -0.277. The van der Waals surface area contributed by atoms with Crippen molar-refractivity contribution in [2.45, 2.75) is 13.6 Å². The summed E-state index contributed by atoms with van der Waals surface area (Å²) in [6.07, 6.45) is 0. The Hall–Kier alpha value is -3.04. The van der Waals surface area contributed by atoms with Gasteiger partial charge in [0.05, 0.1) is 5.57 Å². The number of anilines is 2. The molecule has 3 aromatic rings. The summed E-state index contributed by atoms with van der Waals surface area (Å²) < 4.78 is 2.80. The minimum absolute atomic E-state index is 0.00430. The van der Waals surface area contributed by atoms with E-state index < -0.39 is 0 Å². The van der Waals surface area contributed by atoms with Crippen LogP contribution in [0.4, 0.5) is 11.4 Å². The molecule has 0 spiro atoms. The van der Waals surface area contributed by atoms with E-state index in [1.54, 1.807) is 16.7 Å². The Morgan fingerprint density at radius 1 is 1.17 bits per heavy atom. The Morgan fingerprint density at radius 2 is 1.93 bits per heavy atom. The Labute approximate surface area is 183 Å². The quantitative estimate of drug-likeness (QED) is 0.566. The summed E-state index contributed by atoms with van der Waals surface area (Å²) in [4.78, 5) is 44.4. The minimum atomic E-state index is -0.281. The number of carbonyl (C=O) groups excluding carboxylic acids is 2. The number of nitrogens with zero attached hydrogens (tertiary/aromatic N) is 3. The van der Waals surface area contributed by atoms with Gasteiger partial charge in [0.15, 0.2) is 10.6 Å². The second-order valence-electron chi connectivity index (χ2n) is 7.05. The molecular formula is C21H15BrN4O3S. The summed E-state index contributed by atoms with van der Waals surface area (Å²) in [7, 11) is 0. The van der Waals surface area contributed by atoms with Crippen molar-refractivity contribution in [3.05, 3.63) is 77.8 Å². The molecule has 9 heteroatoms. The zero-order valence-corrected chi connectivity index (χ0v) is 18.2. The number of fused-ring (bicyclic) bond motifs is 2. The molecule has 0 radical (unpaired) electrons. The van der Waals surface area contributed by atoms with Gasteiger partial charge in [-0.1, -0.05) is 27.3 Å². The highest BCUT2D eigenvalue weighted by Crippen LogP contribution is 2.32. The van der Waals surface area contributed by atoms with Crippen molar-refractivity contribution < 1.29 is 9.59 Å². The van der Waals surface area contributed by atoms with Gasteiger partial charge >= 0.3 is 0 Å². The molecule has 1 aromatic heterocycles. The van der Waals surface area contributed by atoms with E-state index in [2.05, 4.69) is 26.2 Å². The summed E-state index contributed by atoms with van der Waals surface area (Å²) in [6, 6.07) is 12.7. The van der Waals surface area contributed by atoms with Crippen LogP contribution in [0.2, 0.25) is 0 Å². The van der Waals surface area contributed by atoms with Crippen molar-refractivity contribution in [3.8, 4) is 0 Å². The number of carbonyl (C=O) groups is 2. The standard InChI is InChI=1S/C21H15BrN4O3S/c1-11(27)12-2-5-14(6-3-12)25-9-23-21-26(10-25)20(29)18(30-21)17-15-8-13(22)4-7-16(15)24-19(17)28/h2-8H,9-10H2,1H3,(H,24,28)/b18-17-. The molecule has 0 aliphatic carbocycles. The molecule has 0 atom stereocenters. The average Bonchev–Trinajstić information content (AvgIpc) is 3.23. The van der Waals surface area contributed by atoms with E-state index >= 15 is 0 Å². The molecule has 5 rings (SSSR count). The maximum atomic E-state index is 13.2. The summed E-state index contributed by atoms with van der Waals surface area (Å²) in [5, 5.41) is 2.82. The molecule has 1 N–H and O–H groups in total. The first-order chi connectivity index (χ1) is 14.4. The fourth-order valence-corrected chi connectivity index (χ4v) is 5.02. The molecule has 30 heavy (non-hydrogen) atoms. The topological polar surface area (TPSA) is 83.8 Å². The van der Waals surface area contributed by atoms with Crippen molar-refractivity contribution in [3.63, 3.8) is 0 Å². The van der Waals surface area contributed by atoms with Crippen LogP contribution >= 0.6 is 27.3 Å². The summed E-state index contributed by atoms with van der Waals surface area (Å²) >= 11 is 4.66. The van der Waals surface area contributed by atoms with Gasteiger partial charge in [0.2, 0.25) is 0 Å². The van der Waals surface area contributed by atoms with E-state index in [1.807, 2.05) is 35.2 Å². The number of ketones is 1. The molecule has 0 saturated carbocycles. The molecule has 0 bridgehead atoms. The highest BCUT2D eigenvalue weighted by atomic mass is 79.9. The highest BCUT2D eigenvalue weighted by Gasteiger charge is 2.28. The van der Waals surface area contributed by atoms with Gasteiger partial charge in [-0.2, -0.15) is 0 Å². The number of hydrogen-bond acceptors (Lipinski definition) is 6. The number of nitrogens with one attached hydrogen (secondary N) is 1. The molecule has 7 nitrogen and oxygen atoms in total. The van der Waals surface area contributed by atoms with Crippen LogP contribution in [0, 0.1) is 0 Å². The minimum Gasteiger partial charge on any atom is -0.334 e. The monoisotopic (exact) mass is 482 g/mol. The second kappa shape index (κ2) is 7.03. The molecule has 0 fully saturated rings. The fourth-order valence-electron chi connectivity index (χ4n) is 3.60. The number of amides is 1. The number of halogens is 1. The molecule has 0 saturated heterocycles. The zero-order chi connectivity index (χ0) is 21.0. The van der Waals surface area contributed by atoms with E-state index in [0.29, 0.717) is 45.1 Å². The van der Waals surface area contributed by atoms with Crippen LogP contribution in [0.25, 0.3) is 5.57 Å². The third kappa shape index (κ3) is 3.01. The number of thiazole rings is 1. The predicted octanol–water partition coefficient (Wildman–Crippen LogP) is 2.08. The Bertz CT molecular complexity index is 1410. The number of rotatable bonds is 2. The SMILES string of the molecule is CC(=O)c1ccc(N2CN=c3s/c(=C4\C(=O)Nc5ccc(Br)cc54)c(=O)n3C2)cc1. The predicted molar refractivity (Wildman–Crippen MR) is 118 cm³/mol. The van der Waals surface area contributed by atoms with Crippen LogP contribution in [-0.2, 0) is 11.5 Å². The number of benzene rings is 2. The Balaban J connectivity index is 1.59. The normalized spacial score (nSPS) is 16.6. The lowest BCUT2D eigenvalue weighted by molar-refractivity contribution is -0.110. The van der Waals surface area contributed by atoms with Crippen LogP contribution in [0.15, 0.2) is 56.7 Å². The molecule has 1 amide bonds.